The third-order valence-corrected chi connectivity index (χ3v) is 3.47. The van der Waals surface area contributed by atoms with Crippen molar-refractivity contribution < 1.29 is 18.7 Å². The molecule has 24 heavy (non-hydrogen) atoms. The number of rotatable bonds is 7. The molecular formula is C19H23NO4. The molecule has 0 spiro atoms. The van der Waals surface area contributed by atoms with Crippen LogP contribution in [-0.2, 0) is 4.79 Å². The van der Waals surface area contributed by atoms with Crippen LogP contribution in [0.25, 0.3) is 6.08 Å². The summed E-state index contributed by atoms with van der Waals surface area (Å²) >= 11 is 0. The van der Waals surface area contributed by atoms with Crippen LogP contribution in [0.1, 0.15) is 37.0 Å². The van der Waals surface area contributed by atoms with E-state index in [2.05, 4.69) is 5.32 Å². The van der Waals surface area contributed by atoms with Gasteiger partial charge in [0.15, 0.2) is 18.1 Å². The molecule has 128 valence electrons. The smallest absolute Gasteiger partial charge is 0.258 e. The van der Waals surface area contributed by atoms with Gasteiger partial charge in [0.25, 0.3) is 5.91 Å². The molecule has 1 amide bonds. The minimum Gasteiger partial charge on any atom is -0.493 e. The van der Waals surface area contributed by atoms with E-state index >= 15 is 0 Å². The van der Waals surface area contributed by atoms with Gasteiger partial charge in [-0.3, -0.25) is 4.79 Å². The Hall–Kier alpha value is -2.69. The molecule has 0 aliphatic rings. The van der Waals surface area contributed by atoms with Crippen LogP contribution in [0.15, 0.2) is 40.8 Å². The highest BCUT2D eigenvalue weighted by Gasteiger charge is 2.14. The van der Waals surface area contributed by atoms with Gasteiger partial charge in [0, 0.05) is 0 Å². The fourth-order valence-electron chi connectivity index (χ4n) is 2.28. The Kier molecular flexibility index (Phi) is 6.07. The summed E-state index contributed by atoms with van der Waals surface area (Å²) in [6.07, 6.45) is 3.91. The second-order valence-electron chi connectivity index (χ2n) is 5.44. The molecule has 2 rings (SSSR count). The molecule has 0 bridgehead atoms. The molecule has 0 fully saturated rings. The Balaban J connectivity index is 1.93. The molecule has 1 atom stereocenters. The van der Waals surface area contributed by atoms with E-state index in [0.717, 1.165) is 11.3 Å². The number of ether oxygens (including phenoxy) is 2. The van der Waals surface area contributed by atoms with E-state index in [1.54, 1.807) is 13.2 Å². The lowest BCUT2D eigenvalue weighted by atomic mass is 10.2. The number of methoxy groups -OCH3 is 1. The molecule has 0 aliphatic carbocycles. The SMILES string of the molecule is C/C=C/c1ccc(OCC(=O)NC(C)c2ccc(C)o2)c(OC)c1. The molecule has 1 aromatic heterocycles. The van der Waals surface area contributed by atoms with Gasteiger partial charge in [-0.05, 0) is 50.6 Å². The largest absolute Gasteiger partial charge is 0.493 e. The summed E-state index contributed by atoms with van der Waals surface area (Å²) in [5.41, 5.74) is 1.01. The van der Waals surface area contributed by atoms with Crippen molar-refractivity contribution in [2.45, 2.75) is 26.8 Å². The topological polar surface area (TPSA) is 60.7 Å². The first-order valence-electron chi connectivity index (χ1n) is 7.82. The molecular weight excluding hydrogens is 306 g/mol. The van der Waals surface area contributed by atoms with E-state index in [1.807, 2.05) is 57.2 Å². The number of aryl methyl sites for hydroxylation is 1. The summed E-state index contributed by atoms with van der Waals surface area (Å²) in [7, 11) is 1.57. The number of nitrogens with one attached hydrogen (secondary N) is 1. The third-order valence-electron chi connectivity index (χ3n) is 3.47. The van der Waals surface area contributed by atoms with Gasteiger partial charge in [-0.1, -0.05) is 18.2 Å². The molecule has 5 heteroatoms. The zero-order chi connectivity index (χ0) is 17.5. The summed E-state index contributed by atoms with van der Waals surface area (Å²) in [4.78, 5) is 12.0. The monoisotopic (exact) mass is 329 g/mol. The van der Waals surface area contributed by atoms with Crippen molar-refractivity contribution in [3.63, 3.8) is 0 Å². The lowest BCUT2D eigenvalue weighted by Crippen LogP contribution is -2.31. The number of furan rings is 1. The highest BCUT2D eigenvalue weighted by Crippen LogP contribution is 2.28. The van der Waals surface area contributed by atoms with Gasteiger partial charge < -0.3 is 19.2 Å². The zero-order valence-electron chi connectivity index (χ0n) is 14.5. The lowest BCUT2D eigenvalue weighted by Gasteiger charge is -2.14. The van der Waals surface area contributed by atoms with Crippen molar-refractivity contribution in [1.82, 2.24) is 5.32 Å². The van der Waals surface area contributed by atoms with Crippen LogP contribution in [-0.4, -0.2) is 19.6 Å². The molecule has 0 aliphatic heterocycles. The van der Waals surface area contributed by atoms with E-state index in [-0.39, 0.29) is 18.6 Å². The number of benzene rings is 1. The molecule has 0 radical (unpaired) electrons. The normalized spacial score (nSPS) is 12.2. The second-order valence-corrected chi connectivity index (χ2v) is 5.44. The Labute approximate surface area is 142 Å². The first-order chi connectivity index (χ1) is 11.5. The Bertz CT molecular complexity index is 718. The maximum atomic E-state index is 12.0. The van der Waals surface area contributed by atoms with Gasteiger partial charge in [0.2, 0.25) is 0 Å². The van der Waals surface area contributed by atoms with E-state index in [0.29, 0.717) is 17.3 Å². The fraction of sp³-hybridized carbons (Fsp3) is 0.316. The minimum atomic E-state index is -0.226. The number of allylic oxidation sites excluding steroid dienone is 1. The average Bonchev–Trinajstić information content (AvgIpc) is 3.00. The van der Waals surface area contributed by atoms with Crippen LogP contribution in [0.3, 0.4) is 0 Å². The van der Waals surface area contributed by atoms with Crippen LogP contribution >= 0.6 is 0 Å². The Morgan fingerprint density at radius 1 is 1.29 bits per heavy atom. The predicted molar refractivity (Wildman–Crippen MR) is 93.2 cm³/mol. The first kappa shape index (κ1) is 17.7. The lowest BCUT2D eigenvalue weighted by molar-refractivity contribution is -0.123. The summed E-state index contributed by atoms with van der Waals surface area (Å²) in [6.45, 7) is 5.58. The summed E-state index contributed by atoms with van der Waals surface area (Å²) in [5.74, 6) is 2.43. The standard InChI is InChI=1S/C19H23NO4/c1-5-6-15-8-10-17(18(11-15)22-4)23-12-19(21)20-14(3)16-9-7-13(2)24-16/h5-11,14H,12H2,1-4H3,(H,20,21)/b6-5+. The van der Waals surface area contributed by atoms with Crippen LogP contribution < -0.4 is 14.8 Å². The van der Waals surface area contributed by atoms with Crippen LogP contribution in [0.4, 0.5) is 0 Å². The quantitative estimate of drug-likeness (QED) is 0.837. The van der Waals surface area contributed by atoms with Gasteiger partial charge in [-0.15, -0.1) is 0 Å². The van der Waals surface area contributed by atoms with Crippen LogP contribution in [0, 0.1) is 6.92 Å². The zero-order valence-corrected chi connectivity index (χ0v) is 14.5. The van der Waals surface area contributed by atoms with Crippen molar-refractivity contribution in [3.05, 3.63) is 53.5 Å². The Morgan fingerprint density at radius 2 is 2.08 bits per heavy atom. The summed E-state index contributed by atoms with van der Waals surface area (Å²) < 4.78 is 16.4. The van der Waals surface area contributed by atoms with E-state index in [4.69, 9.17) is 13.9 Å². The van der Waals surface area contributed by atoms with Crippen LogP contribution in [0.5, 0.6) is 11.5 Å². The van der Waals surface area contributed by atoms with Gasteiger partial charge in [0.05, 0.1) is 13.2 Å². The highest BCUT2D eigenvalue weighted by atomic mass is 16.5. The number of carbonyl (C=O) groups excluding carboxylic acids is 1. The average molecular weight is 329 g/mol. The van der Waals surface area contributed by atoms with Crippen molar-refractivity contribution in [1.29, 1.82) is 0 Å². The number of hydrogen-bond acceptors (Lipinski definition) is 4. The predicted octanol–water partition coefficient (Wildman–Crippen LogP) is 3.89. The van der Waals surface area contributed by atoms with Crippen molar-refractivity contribution in [3.8, 4) is 11.5 Å². The fourth-order valence-corrected chi connectivity index (χ4v) is 2.28. The molecule has 1 unspecified atom stereocenters. The van der Waals surface area contributed by atoms with Gasteiger partial charge in [-0.2, -0.15) is 0 Å². The number of amides is 1. The van der Waals surface area contributed by atoms with Crippen LogP contribution in [0.2, 0.25) is 0 Å². The van der Waals surface area contributed by atoms with Gasteiger partial charge >= 0.3 is 0 Å². The van der Waals surface area contributed by atoms with Gasteiger partial charge in [-0.25, -0.2) is 0 Å². The maximum Gasteiger partial charge on any atom is 0.258 e. The first-order valence-corrected chi connectivity index (χ1v) is 7.82. The summed E-state index contributed by atoms with van der Waals surface area (Å²) in [6, 6.07) is 9.07. The molecule has 1 aromatic carbocycles. The molecule has 0 saturated heterocycles. The van der Waals surface area contributed by atoms with Crippen molar-refractivity contribution in [2.24, 2.45) is 0 Å². The molecule has 0 saturated carbocycles. The van der Waals surface area contributed by atoms with Gasteiger partial charge in [0.1, 0.15) is 11.5 Å². The van der Waals surface area contributed by atoms with E-state index < -0.39 is 0 Å². The maximum absolute atomic E-state index is 12.0. The minimum absolute atomic E-state index is 0.0939. The molecule has 5 nitrogen and oxygen atoms in total. The van der Waals surface area contributed by atoms with E-state index in [9.17, 15) is 4.79 Å². The number of hydrogen-bond donors (Lipinski definition) is 1. The van der Waals surface area contributed by atoms with Crippen molar-refractivity contribution in [2.75, 3.05) is 13.7 Å². The highest BCUT2D eigenvalue weighted by molar-refractivity contribution is 5.78. The Morgan fingerprint density at radius 3 is 2.71 bits per heavy atom. The van der Waals surface area contributed by atoms with E-state index in [1.165, 1.54) is 0 Å². The number of carbonyl (C=O) groups is 1. The second kappa shape index (κ2) is 8.24. The third kappa shape index (κ3) is 4.65. The summed E-state index contributed by atoms with van der Waals surface area (Å²) in [5, 5.41) is 2.84. The molecule has 1 heterocycles. The molecule has 1 N–H and O–H groups in total. The van der Waals surface area contributed by atoms with Crippen molar-refractivity contribution >= 4 is 12.0 Å². The molecule has 2 aromatic rings.